The number of morpholine rings is 1. The number of fused-ring (bicyclic) bond motifs is 1. The van der Waals surface area contributed by atoms with Crippen molar-refractivity contribution in [1.29, 1.82) is 0 Å². The first-order valence-corrected chi connectivity index (χ1v) is 12.4. The molecule has 1 saturated heterocycles. The number of para-hydroxylation sites is 1. The summed E-state index contributed by atoms with van der Waals surface area (Å²) in [6, 6.07) is 15.2. The number of halogens is 1. The maximum atomic E-state index is 11.3. The molecule has 0 amide bonds. The van der Waals surface area contributed by atoms with Crippen LogP contribution in [-0.4, -0.2) is 63.1 Å². The maximum Gasteiger partial charge on any atom is 0.248 e. The van der Waals surface area contributed by atoms with E-state index in [-0.39, 0.29) is 18.0 Å². The van der Waals surface area contributed by atoms with E-state index in [9.17, 15) is 4.79 Å². The average molecular weight is 519 g/mol. The fraction of sp³-hybridized carbons (Fsp3) is 0.464. The second-order valence-corrected chi connectivity index (χ2v) is 8.53. The number of aryl methyl sites for hydroxylation is 1. The summed E-state index contributed by atoms with van der Waals surface area (Å²) >= 11 is 0. The van der Waals surface area contributed by atoms with Gasteiger partial charge in [0.25, 0.3) is 0 Å². The first-order chi connectivity index (χ1) is 17.1. The molecular formula is C28H39ClN2O5. The number of nitrogens with one attached hydrogen (secondary N) is 1. The van der Waals surface area contributed by atoms with Crippen molar-refractivity contribution in [3.05, 3.63) is 64.4 Å². The molecule has 198 valence electrons. The van der Waals surface area contributed by atoms with Gasteiger partial charge in [-0.05, 0) is 55.7 Å². The first-order valence-electron chi connectivity index (χ1n) is 12.4. The standard InChI is InChI=1S/C17H27NO3.C11H11NO2.ClH/c1-2-3-12-20-16-5-7-17(8-6-16)21-13-4-9-18-10-14-19-15-11-18;1-7-6-10(13)12-11-8(7)4-3-5-9(11)14-2;/h5-8H,2-4,9-15H2,1H3;3-6H,1-2H3,(H,12,13);1H. The fourth-order valence-electron chi connectivity index (χ4n) is 3.86. The van der Waals surface area contributed by atoms with Crippen molar-refractivity contribution >= 4 is 23.3 Å². The molecule has 2 heterocycles. The van der Waals surface area contributed by atoms with Crippen molar-refractivity contribution < 1.29 is 18.9 Å². The van der Waals surface area contributed by atoms with Gasteiger partial charge >= 0.3 is 0 Å². The van der Waals surface area contributed by atoms with E-state index in [1.807, 2.05) is 49.4 Å². The highest BCUT2D eigenvalue weighted by molar-refractivity contribution is 5.86. The molecule has 1 aromatic heterocycles. The molecular weight excluding hydrogens is 480 g/mol. The van der Waals surface area contributed by atoms with Crippen LogP contribution >= 0.6 is 12.4 Å². The zero-order valence-electron chi connectivity index (χ0n) is 21.6. The Morgan fingerprint density at radius 1 is 0.972 bits per heavy atom. The molecule has 0 radical (unpaired) electrons. The number of aromatic nitrogens is 1. The Morgan fingerprint density at radius 2 is 1.61 bits per heavy atom. The van der Waals surface area contributed by atoms with Crippen LogP contribution in [-0.2, 0) is 4.74 Å². The lowest BCUT2D eigenvalue weighted by molar-refractivity contribution is 0.0358. The van der Waals surface area contributed by atoms with Gasteiger partial charge in [0.05, 0.1) is 39.1 Å². The lowest BCUT2D eigenvalue weighted by atomic mass is 10.1. The van der Waals surface area contributed by atoms with E-state index in [2.05, 4.69) is 16.8 Å². The molecule has 0 bridgehead atoms. The Hall–Kier alpha value is -2.74. The van der Waals surface area contributed by atoms with E-state index < -0.39 is 0 Å². The van der Waals surface area contributed by atoms with Gasteiger partial charge in [0.15, 0.2) is 0 Å². The number of hydrogen-bond acceptors (Lipinski definition) is 6. The number of aromatic amines is 1. The summed E-state index contributed by atoms with van der Waals surface area (Å²) < 4.78 is 21.9. The Kier molecular flexibility index (Phi) is 13.2. The minimum atomic E-state index is -0.0977. The third kappa shape index (κ3) is 9.37. The molecule has 0 atom stereocenters. The first kappa shape index (κ1) is 29.5. The van der Waals surface area contributed by atoms with Gasteiger partial charge in [0, 0.05) is 31.1 Å². The lowest BCUT2D eigenvalue weighted by Crippen LogP contribution is -2.37. The number of rotatable bonds is 10. The minimum absolute atomic E-state index is 0. The zero-order valence-corrected chi connectivity index (χ0v) is 22.4. The minimum Gasteiger partial charge on any atom is -0.495 e. The predicted octanol–water partition coefficient (Wildman–Crippen LogP) is 5.23. The molecule has 2 aromatic carbocycles. The smallest absolute Gasteiger partial charge is 0.248 e. The van der Waals surface area contributed by atoms with Gasteiger partial charge in [-0.1, -0.05) is 25.5 Å². The van der Waals surface area contributed by atoms with Crippen molar-refractivity contribution in [2.45, 2.75) is 33.1 Å². The van der Waals surface area contributed by atoms with Gasteiger partial charge in [-0.25, -0.2) is 0 Å². The van der Waals surface area contributed by atoms with Gasteiger partial charge in [0.1, 0.15) is 17.2 Å². The van der Waals surface area contributed by atoms with Crippen LogP contribution in [0, 0.1) is 6.92 Å². The molecule has 0 saturated carbocycles. The lowest BCUT2D eigenvalue weighted by Gasteiger charge is -2.26. The zero-order chi connectivity index (χ0) is 24.9. The van der Waals surface area contributed by atoms with Crippen molar-refractivity contribution in [2.24, 2.45) is 0 Å². The number of H-pyrrole nitrogens is 1. The van der Waals surface area contributed by atoms with Crippen molar-refractivity contribution in [1.82, 2.24) is 9.88 Å². The Morgan fingerprint density at radius 3 is 2.22 bits per heavy atom. The number of pyridine rings is 1. The summed E-state index contributed by atoms with van der Waals surface area (Å²) in [7, 11) is 1.59. The highest BCUT2D eigenvalue weighted by Gasteiger charge is 2.09. The average Bonchev–Trinajstić information content (AvgIpc) is 2.88. The summed E-state index contributed by atoms with van der Waals surface area (Å²) in [4.78, 5) is 16.5. The molecule has 1 N–H and O–H groups in total. The van der Waals surface area contributed by atoms with Crippen LogP contribution in [0.25, 0.3) is 10.9 Å². The number of benzene rings is 2. The van der Waals surface area contributed by atoms with Crippen LogP contribution in [0.4, 0.5) is 0 Å². The van der Waals surface area contributed by atoms with E-state index in [0.717, 1.165) is 93.3 Å². The summed E-state index contributed by atoms with van der Waals surface area (Å²) in [5.41, 5.74) is 1.63. The summed E-state index contributed by atoms with van der Waals surface area (Å²) in [5.74, 6) is 2.53. The van der Waals surface area contributed by atoms with Crippen LogP contribution in [0.15, 0.2) is 53.3 Å². The van der Waals surface area contributed by atoms with Crippen LogP contribution in [0.5, 0.6) is 17.2 Å². The van der Waals surface area contributed by atoms with Gasteiger partial charge in [-0.3, -0.25) is 9.69 Å². The summed E-state index contributed by atoms with van der Waals surface area (Å²) in [6.45, 7) is 10.5. The largest absolute Gasteiger partial charge is 0.495 e. The predicted molar refractivity (Wildman–Crippen MR) is 147 cm³/mol. The van der Waals surface area contributed by atoms with Crippen LogP contribution in [0.2, 0.25) is 0 Å². The van der Waals surface area contributed by atoms with Crippen molar-refractivity contribution in [3.8, 4) is 17.2 Å². The maximum absolute atomic E-state index is 11.3. The Labute approximate surface area is 220 Å². The van der Waals surface area contributed by atoms with Crippen molar-refractivity contribution in [2.75, 3.05) is 53.2 Å². The number of hydrogen-bond donors (Lipinski definition) is 1. The van der Waals surface area contributed by atoms with Crippen molar-refractivity contribution in [3.63, 3.8) is 0 Å². The van der Waals surface area contributed by atoms with Crippen LogP contribution in [0.3, 0.4) is 0 Å². The number of ether oxygens (including phenoxy) is 4. The molecule has 0 unspecified atom stereocenters. The second-order valence-electron chi connectivity index (χ2n) is 8.53. The monoisotopic (exact) mass is 518 g/mol. The molecule has 36 heavy (non-hydrogen) atoms. The molecule has 7 nitrogen and oxygen atoms in total. The number of unbranched alkanes of at least 4 members (excludes halogenated alkanes) is 1. The Bertz CT molecular complexity index is 1080. The third-order valence-electron chi connectivity index (χ3n) is 5.85. The fourth-order valence-corrected chi connectivity index (χ4v) is 3.86. The molecule has 1 fully saturated rings. The SMILES string of the molecule is CCCCOc1ccc(OCCCN2CCOCC2)cc1.COc1cccc2c(C)cc(=O)[nH]c12.Cl. The Balaban J connectivity index is 0.000000265. The van der Waals surface area contributed by atoms with E-state index in [1.54, 1.807) is 13.2 Å². The molecule has 1 aliphatic rings. The normalized spacial score (nSPS) is 13.3. The summed E-state index contributed by atoms with van der Waals surface area (Å²) in [5, 5.41) is 1.02. The quantitative estimate of drug-likeness (QED) is 0.370. The van der Waals surface area contributed by atoms with Gasteiger partial charge in [-0.2, -0.15) is 0 Å². The molecule has 3 aromatic rings. The van der Waals surface area contributed by atoms with Gasteiger partial charge < -0.3 is 23.9 Å². The van der Waals surface area contributed by atoms with E-state index in [4.69, 9.17) is 18.9 Å². The van der Waals surface area contributed by atoms with E-state index >= 15 is 0 Å². The topological polar surface area (TPSA) is 73.0 Å². The summed E-state index contributed by atoms with van der Waals surface area (Å²) in [6.07, 6.45) is 3.30. The molecule has 8 heteroatoms. The van der Waals surface area contributed by atoms with E-state index in [1.165, 1.54) is 0 Å². The number of methoxy groups -OCH3 is 1. The van der Waals surface area contributed by atoms with Gasteiger partial charge in [-0.15, -0.1) is 12.4 Å². The molecule has 1 aliphatic heterocycles. The van der Waals surface area contributed by atoms with Gasteiger partial charge in [0.2, 0.25) is 5.56 Å². The van der Waals surface area contributed by atoms with Crippen LogP contribution < -0.4 is 19.8 Å². The molecule has 0 spiro atoms. The number of nitrogens with zero attached hydrogens (tertiary/aromatic N) is 1. The highest BCUT2D eigenvalue weighted by atomic mass is 35.5. The molecule has 4 rings (SSSR count). The third-order valence-corrected chi connectivity index (χ3v) is 5.85. The molecule has 0 aliphatic carbocycles. The van der Waals surface area contributed by atoms with E-state index in [0.29, 0.717) is 5.75 Å². The van der Waals surface area contributed by atoms with Crippen LogP contribution in [0.1, 0.15) is 31.7 Å². The highest BCUT2D eigenvalue weighted by Crippen LogP contribution is 2.23. The second kappa shape index (κ2) is 16.1.